The van der Waals surface area contributed by atoms with E-state index < -0.39 is 0 Å². The van der Waals surface area contributed by atoms with E-state index in [2.05, 4.69) is 54.0 Å². The maximum Gasteiger partial charge on any atom is 0.222 e. The molecule has 1 amide bonds. The number of unbranched alkanes of at least 4 members (excludes halogenated alkanes) is 6. The fourth-order valence-electron chi connectivity index (χ4n) is 4.01. The Morgan fingerprint density at radius 2 is 1.65 bits per heavy atom. The highest BCUT2D eigenvalue weighted by molar-refractivity contribution is 5.76. The summed E-state index contributed by atoms with van der Waals surface area (Å²) >= 11 is 0. The summed E-state index contributed by atoms with van der Waals surface area (Å²) in [6.45, 7) is 8.34. The van der Waals surface area contributed by atoms with Gasteiger partial charge in [0.2, 0.25) is 5.91 Å². The van der Waals surface area contributed by atoms with E-state index >= 15 is 0 Å². The lowest BCUT2D eigenvalue weighted by atomic mass is 10.0. The van der Waals surface area contributed by atoms with Gasteiger partial charge in [0.25, 0.3) is 0 Å². The lowest BCUT2D eigenvalue weighted by Gasteiger charge is -2.41. The van der Waals surface area contributed by atoms with E-state index in [1.807, 2.05) is 0 Å². The SMILES string of the molecule is CCCCCCCCCC(=O)N1CCN(CC)C(Cc2ccccc2)C1. The molecule has 1 fully saturated rings. The largest absolute Gasteiger partial charge is 0.340 e. The summed E-state index contributed by atoms with van der Waals surface area (Å²) in [4.78, 5) is 17.3. The van der Waals surface area contributed by atoms with E-state index in [-0.39, 0.29) is 0 Å². The minimum Gasteiger partial charge on any atom is -0.340 e. The van der Waals surface area contributed by atoms with Crippen molar-refractivity contribution in [2.45, 2.75) is 77.7 Å². The molecule has 1 atom stereocenters. The van der Waals surface area contributed by atoms with E-state index in [0.29, 0.717) is 11.9 Å². The molecule has 1 saturated heterocycles. The van der Waals surface area contributed by atoms with Crippen LogP contribution < -0.4 is 0 Å². The second-order valence-corrected chi connectivity index (χ2v) is 7.68. The van der Waals surface area contributed by atoms with Crippen LogP contribution in [0.15, 0.2) is 30.3 Å². The average Bonchev–Trinajstić information content (AvgIpc) is 2.68. The van der Waals surface area contributed by atoms with Crippen LogP contribution in [0, 0.1) is 0 Å². The topological polar surface area (TPSA) is 23.6 Å². The Morgan fingerprint density at radius 3 is 2.35 bits per heavy atom. The van der Waals surface area contributed by atoms with E-state index in [0.717, 1.165) is 45.4 Å². The number of carbonyl (C=O) groups is 1. The number of piperazine rings is 1. The van der Waals surface area contributed by atoms with Crippen LogP contribution in [0.25, 0.3) is 0 Å². The average molecular weight is 359 g/mol. The molecule has 3 heteroatoms. The molecule has 0 radical (unpaired) electrons. The number of carbonyl (C=O) groups excluding carboxylic acids is 1. The minimum atomic E-state index is 0.368. The van der Waals surface area contributed by atoms with Crippen molar-refractivity contribution in [1.82, 2.24) is 9.80 Å². The summed E-state index contributed by atoms with van der Waals surface area (Å²) in [6.07, 6.45) is 10.7. The number of hydrogen-bond acceptors (Lipinski definition) is 2. The zero-order valence-electron chi connectivity index (χ0n) is 17.0. The van der Waals surface area contributed by atoms with Crippen LogP contribution in [0.1, 0.15) is 70.8 Å². The van der Waals surface area contributed by atoms with Crippen LogP contribution >= 0.6 is 0 Å². The van der Waals surface area contributed by atoms with Gasteiger partial charge in [0.15, 0.2) is 0 Å². The van der Waals surface area contributed by atoms with Gasteiger partial charge in [-0.05, 0) is 24.9 Å². The molecule has 1 heterocycles. The van der Waals surface area contributed by atoms with Crippen molar-refractivity contribution in [1.29, 1.82) is 0 Å². The first kappa shape index (κ1) is 21.0. The summed E-state index contributed by atoms with van der Waals surface area (Å²) in [7, 11) is 0. The van der Waals surface area contributed by atoms with Crippen molar-refractivity contribution < 1.29 is 4.79 Å². The third-order valence-corrected chi connectivity index (χ3v) is 5.67. The van der Waals surface area contributed by atoms with Crippen LogP contribution in [-0.2, 0) is 11.2 Å². The fourth-order valence-corrected chi connectivity index (χ4v) is 4.01. The number of nitrogens with zero attached hydrogens (tertiary/aromatic N) is 2. The molecule has 146 valence electrons. The van der Waals surface area contributed by atoms with Gasteiger partial charge in [0.05, 0.1) is 0 Å². The van der Waals surface area contributed by atoms with Crippen LogP contribution in [0.3, 0.4) is 0 Å². The van der Waals surface area contributed by atoms with Crippen molar-refractivity contribution in [3.8, 4) is 0 Å². The second kappa shape index (κ2) is 12.1. The molecule has 1 aromatic carbocycles. The summed E-state index contributed by atoms with van der Waals surface area (Å²) < 4.78 is 0. The van der Waals surface area contributed by atoms with E-state index in [1.54, 1.807) is 0 Å². The zero-order valence-corrected chi connectivity index (χ0v) is 17.0. The van der Waals surface area contributed by atoms with E-state index in [1.165, 1.54) is 44.1 Å². The predicted molar refractivity (Wildman–Crippen MR) is 110 cm³/mol. The van der Waals surface area contributed by atoms with Gasteiger partial charge >= 0.3 is 0 Å². The molecular formula is C23H38N2O. The van der Waals surface area contributed by atoms with Crippen molar-refractivity contribution >= 4 is 5.91 Å². The molecule has 0 saturated carbocycles. The Hall–Kier alpha value is -1.35. The normalized spacial score (nSPS) is 18.2. The third-order valence-electron chi connectivity index (χ3n) is 5.67. The van der Waals surface area contributed by atoms with Gasteiger partial charge < -0.3 is 4.90 Å². The first-order chi connectivity index (χ1) is 12.7. The summed E-state index contributed by atoms with van der Waals surface area (Å²) in [5, 5.41) is 0. The summed E-state index contributed by atoms with van der Waals surface area (Å²) in [5.41, 5.74) is 1.37. The van der Waals surface area contributed by atoms with Crippen molar-refractivity contribution in [3.63, 3.8) is 0 Å². The Balaban J connectivity index is 1.74. The van der Waals surface area contributed by atoms with E-state index in [4.69, 9.17) is 0 Å². The summed E-state index contributed by atoms with van der Waals surface area (Å²) in [5.74, 6) is 0.368. The van der Waals surface area contributed by atoms with Crippen LogP contribution in [0.4, 0.5) is 0 Å². The Morgan fingerprint density at radius 1 is 0.962 bits per heavy atom. The van der Waals surface area contributed by atoms with Gasteiger partial charge in [-0.3, -0.25) is 9.69 Å². The molecule has 2 rings (SSSR count). The highest BCUT2D eigenvalue weighted by Crippen LogP contribution is 2.17. The first-order valence-corrected chi connectivity index (χ1v) is 10.8. The molecule has 0 bridgehead atoms. The predicted octanol–water partition coefficient (Wildman–Crippen LogP) is 4.90. The van der Waals surface area contributed by atoms with Crippen molar-refractivity contribution in [2.24, 2.45) is 0 Å². The molecule has 0 aliphatic carbocycles. The van der Waals surface area contributed by atoms with Gasteiger partial charge in [-0.25, -0.2) is 0 Å². The monoisotopic (exact) mass is 358 g/mol. The molecule has 3 nitrogen and oxygen atoms in total. The summed E-state index contributed by atoms with van der Waals surface area (Å²) in [6, 6.07) is 11.1. The first-order valence-electron chi connectivity index (χ1n) is 10.8. The molecular weight excluding hydrogens is 320 g/mol. The van der Waals surface area contributed by atoms with Gasteiger partial charge in [-0.1, -0.05) is 82.7 Å². The highest BCUT2D eigenvalue weighted by Gasteiger charge is 2.28. The van der Waals surface area contributed by atoms with Crippen molar-refractivity contribution in [3.05, 3.63) is 35.9 Å². The van der Waals surface area contributed by atoms with Gasteiger partial charge in [0.1, 0.15) is 0 Å². The molecule has 0 aromatic heterocycles. The molecule has 1 aliphatic rings. The molecule has 1 aromatic rings. The van der Waals surface area contributed by atoms with Gasteiger partial charge in [-0.2, -0.15) is 0 Å². The number of amides is 1. The maximum absolute atomic E-state index is 12.6. The molecule has 26 heavy (non-hydrogen) atoms. The zero-order chi connectivity index (χ0) is 18.6. The fraction of sp³-hybridized carbons (Fsp3) is 0.696. The Labute approximate surface area is 160 Å². The number of rotatable bonds is 11. The Kier molecular flexibility index (Phi) is 9.76. The Bertz CT molecular complexity index is 502. The third kappa shape index (κ3) is 7.11. The molecule has 1 aliphatic heterocycles. The second-order valence-electron chi connectivity index (χ2n) is 7.68. The highest BCUT2D eigenvalue weighted by atomic mass is 16.2. The van der Waals surface area contributed by atoms with Crippen LogP contribution in [0.5, 0.6) is 0 Å². The maximum atomic E-state index is 12.6. The van der Waals surface area contributed by atoms with Crippen molar-refractivity contribution in [2.75, 3.05) is 26.2 Å². The number of hydrogen-bond donors (Lipinski definition) is 0. The lowest BCUT2D eigenvalue weighted by Crippen LogP contribution is -2.55. The van der Waals surface area contributed by atoms with Crippen LogP contribution in [0.2, 0.25) is 0 Å². The number of likely N-dealkylation sites (N-methyl/N-ethyl adjacent to an activating group) is 1. The molecule has 0 N–H and O–H groups in total. The molecule has 0 spiro atoms. The standard InChI is InChI=1S/C23H38N2O/c1-3-5-6-7-8-9-13-16-23(26)25-18-17-24(4-2)22(20-25)19-21-14-11-10-12-15-21/h10-12,14-15,22H,3-9,13,16-20H2,1-2H3. The quantitative estimate of drug-likeness (QED) is 0.525. The minimum absolute atomic E-state index is 0.368. The van der Waals surface area contributed by atoms with Gasteiger partial charge in [-0.15, -0.1) is 0 Å². The van der Waals surface area contributed by atoms with Gasteiger partial charge in [0, 0.05) is 32.1 Å². The number of benzene rings is 1. The molecule has 1 unspecified atom stereocenters. The van der Waals surface area contributed by atoms with E-state index in [9.17, 15) is 4.79 Å². The van der Waals surface area contributed by atoms with Crippen LogP contribution in [-0.4, -0.2) is 47.9 Å². The lowest BCUT2D eigenvalue weighted by molar-refractivity contribution is -0.134. The smallest absolute Gasteiger partial charge is 0.222 e.